The molecule has 3 heterocycles. The van der Waals surface area contributed by atoms with Crippen LogP contribution in [0.25, 0.3) is 60.5 Å². The molecule has 1 amide bonds. The minimum Gasteiger partial charge on any atom is -0.497 e. The molecule has 3 aromatic carbocycles. The Kier molecular flexibility index (Phi) is 6.69. The Morgan fingerprint density at radius 1 is 0.857 bits per heavy atom. The molecule has 0 saturated heterocycles. The fourth-order valence-corrected chi connectivity index (χ4v) is 5.38. The van der Waals surface area contributed by atoms with Crippen molar-refractivity contribution in [3.63, 3.8) is 0 Å². The number of carboxylic acid groups (broad SMARTS) is 1. The molecule has 0 aliphatic heterocycles. The van der Waals surface area contributed by atoms with Crippen LogP contribution in [0, 0.1) is 6.57 Å². The largest absolute Gasteiger partial charge is 0.497 e. The van der Waals surface area contributed by atoms with Gasteiger partial charge >= 0.3 is 5.97 Å². The summed E-state index contributed by atoms with van der Waals surface area (Å²) in [6.07, 6.45) is 1.51. The predicted molar refractivity (Wildman–Crippen MR) is 163 cm³/mol. The Morgan fingerprint density at radius 3 is 1.95 bits per heavy atom. The topological polar surface area (TPSA) is 93.6 Å². The molecule has 0 spiro atoms. The van der Waals surface area contributed by atoms with Gasteiger partial charge in [0.15, 0.2) is 0 Å². The fourth-order valence-electron chi connectivity index (χ4n) is 5.38. The molecule has 0 saturated carbocycles. The summed E-state index contributed by atoms with van der Waals surface area (Å²) in [6.45, 7) is 7.04. The van der Waals surface area contributed by atoms with E-state index in [1.165, 1.54) is 6.08 Å². The number of amides is 1. The summed E-state index contributed by atoms with van der Waals surface area (Å²) in [6, 6.07) is 28.1. The number of methoxy groups -OCH3 is 2. The number of pyridine rings is 2. The van der Waals surface area contributed by atoms with E-state index in [9.17, 15) is 9.59 Å². The Morgan fingerprint density at radius 2 is 1.43 bits per heavy atom. The first-order chi connectivity index (χ1) is 20.4. The third kappa shape index (κ3) is 4.53. The lowest BCUT2D eigenvalue weighted by molar-refractivity contribution is -0.137. The molecule has 0 bridgehead atoms. The molecule has 206 valence electrons. The molecule has 3 aromatic heterocycles. The number of nitrogens with one attached hydrogen (secondary N) is 1. The van der Waals surface area contributed by atoms with Crippen LogP contribution in [0.1, 0.15) is 5.56 Å². The highest BCUT2D eigenvalue weighted by Gasteiger charge is 2.19. The second kappa shape index (κ2) is 10.6. The maximum Gasteiger partial charge on any atom is 0.322 e. The molecular formula is C34H25N3O5. The first kappa shape index (κ1) is 26.4. The van der Waals surface area contributed by atoms with Crippen LogP contribution in [0.15, 0.2) is 90.6 Å². The number of ether oxygens (including phenoxy) is 2. The van der Waals surface area contributed by atoms with Gasteiger partial charge in [-0.15, -0.1) is 0 Å². The van der Waals surface area contributed by atoms with Crippen LogP contribution in [0.4, 0.5) is 0 Å². The van der Waals surface area contributed by atoms with Gasteiger partial charge in [0.1, 0.15) is 18.0 Å². The van der Waals surface area contributed by atoms with Crippen LogP contribution in [0.2, 0.25) is 0 Å². The molecule has 0 unspecified atom stereocenters. The van der Waals surface area contributed by atoms with Gasteiger partial charge < -0.3 is 24.3 Å². The first-order valence-electron chi connectivity index (χ1n) is 13.1. The third-order valence-corrected chi connectivity index (χ3v) is 7.37. The average Bonchev–Trinajstić information content (AvgIpc) is 3.47. The number of carboxylic acids is 1. The summed E-state index contributed by atoms with van der Waals surface area (Å²) in [7, 11) is 3.27. The van der Waals surface area contributed by atoms with Crippen molar-refractivity contribution in [2.45, 2.75) is 0 Å². The molecule has 6 aromatic rings. The predicted octanol–water partition coefficient (Wildman–Crippen LogP) is 6.50. The molecule has 0 radical (unpaired) electrons. The van der Waals surface area contributed by atoms with Crippen LogP contribution in [-0.2, 0) is 9.59 Å². The Balaban J connectivity index is 1.64. The summed E-state index contributed by atoms with van der Waals surface area (Å²) in [4.78, 5) is 27.0. The normalized spacial score (nSPS) is 11.6. The molecular weight excluding hydrogens is 530 g/mol. The minimum atomic E-state index is -1.18. The summed E-state index contributed by atoms with van der Waals surface area (Å²) in [5.41, 5.74) is 7.48. The van der Waals surface area contributed by atoms with Crippen molar-refractivity contribution in [2.75, 3.05) is 20.8 Å². The Labute approximate surface area is 241 Å². The van der Waals surface area contributed by atoms with Crippen molar-refractivity contribution >= 4 is 45.3 Å². The lowest BCUT2D eigenvalue weighted by atomic mass is 9.96. The molecule has 8 heteroatoms. The van der Waals surface area contributed by atoms with Crippen LogP contribution >= 0.6 is 0 Å². The smallest absolute Gasteiger partial charge is 0.322 e. The first-order valence-corrected chi connectivity index (χ1v) is 13.1. The molecule has 0 fully saturated rings. The number of hydrogen-bond acceptors (Lipinski definition) is 4. The van der Waals surface area contributed by atoms with E-state index in [2.05, 4.69) is 38.8 Å². The third-order valence-electron chi connectivity index (χ3n) is 7.37. The van der Waals surface area contributed by atoms with E-state index in [0.717, 1.165) is 61.1 Å². The summed E-state index contributed by atoms with van der Waals surface area (Å²) >= 11 is 0. The van der Waals surface area contributed by atoms with Crippen molar-refractivity contribution in [1.29, 1.82) is 0 Å². The second-order valence-corrected chi connectivity index (χ2v) is 9.74. The molecule has 42 heavy (non-hydrogen) atoms. The zero-order chi connectivity index (χ0) is 29.4. The van der Waals surface area contributed by atoms with Gasteiger partial charge in [-0.25, -0.2) is 4.85 Å². The lowest BCUT2D eigenvalue weighted by Gasteiger charge is -2.18. The van der Waals surface area contributed by atoms with E-state index in [4.69, 9.17) is 21.2 Å². The summed E-state index contributed by atoms with van der Waals surface area (Å²) in [5.74, 6) is -0.399. The highest BCUT2D eigenvalue weighted by atomic mass is 16.5. The van der Waals surface area contributed by atoms with Gasteiger partial charge in [-0.1, -0.05) is 36.4 Å². The van der Waals surface area contributed by atoms with Gasteiger partial charge in [0.2, 0.25) is 0 Å². The van der Waals surface area contributed by atoms with Crippen LogP contribution < -0.4 is 14.8 Å². The number of aliphatic carboxylic acids is 1. The molecule has 2 N–H and O–H groups in total. The van der Waals surface area contributed by atoms with E-state index in [1.807, 2.05) is 60.7 Å². The van der Waals surface area contributed by atoms with Crippen molar-refractivity contribution in [2.24, 2.45) is 0 Å². The molecule has 0 aliphatic rings. The van der Waals surface area contributed by atoms with Gasteiger partial charge in [0, 0.05) is 16.5 Å². The second-order valence-electron chi connectivity index (χ2n) is 9.74. The lowest BCUT2D eigenvalue weighted by Crippen LogP contribution is -2.29. The number of nitrogens with zero attached hydrogens (tertiary/aromatic N) is 2. The van der Waals surface area contributed by atoms with Gasteiger partial charge in [-0.2, -0.15) is 0 Å². The van der Waals surface area contributed by atoms with Gasteiger partial charge in [0.25, 0.3) is 11.6 Å². The van der Waals surface area contributed by atoms with Crippen molar-refractivity contribution in [3.8, 4) is 33.8 Å². The van der Waals surface area contributed by atoms with Crippen molar-refractivity contribution in [3.05, 3.63) is 108 Å². The summed E-state index contributed by atoms with van der Waals surface area (Å²) in [5, 5.41) is 13.1. The number of carbonyl (C=O) groups is 2. The van der Waals surface area contributed by atoms with Gasteiger partial charge in [-0.3, -0.25) is 9.59 Å². The maximum atomic E-state index is 12.6. The number of rotatable bonds is 8. The SMILES string of the molecule is [C-]#[N+]/C(=C\c1ccc2cc(-c3ccc(OC)cc3)c3ccc4c(-c5ccc(OC)cc5)cc1c2n34)C(=O)NCC(=O)O. The van der Waals surface area contributed by atoms with Crippen molar-refractivity contribution < 1.29 is 24.2 Å². The van der Waals surface area contributed by atoms with Crippen LogP contribution in [0.5, 0.6) is 11.5 Å². The standard InChI is InChI=1S/C34H25N3O5/c1-35-29(34(40)36-19-32(38)39)17-22-4-5-23-16-26(20-6-10-24(41-2)11-7-20)30-14-15-31-27(18-28(22)33(23)37(30)31)21-8-12-25(42-3)13-9-21/h4-18H,19H2,2-3H3,(H,36,40)(H,38,39)/b29-17-. The van der Waals surface area contributed by atoms with Crippen LogP contribution in [0.3, 0.4) is 0 Å². The quantitative estimate of drug-likeness (QED) is 0.165. The Hall–Kier alpha value is -5.81. The fraction of sp³-hybridized carbons (Fsp3) is 0.0882. The summed E-state index contributed by atoms with van der Waals surface area (Å²) < 4.78 is 13.0. The number of aromatic nitrogens is 1. The monoisotopic (exact) mass is 555 g/mol. The van der Waals surface area contributed by atoms with Gasteiger partial charge in [-0.05, 0) is 76.7 Å². The maximum absolute atomic E-state index is 12.6. The molecule has 6 rings (SSSR count). The highest BCUT2D eigenvalue weighted by Crippen LogP contribution is 2.41. The van der Waals surface area contributed by atoms with Crippen LogP contribution in [-0.4, -0.2) is 42.1 Å². The minimum absolute atomic E-state index is 0.198. The molecule has 8 nitrogen and oxygen atoms in total. The zero-order valence-corrected chi connectivity index (χ0v) is 22.8. The van der Waals surface area contributed by atoms with E-state index in [1.54, 1.807) is 14.2 Å². The van der Waals surface area contributed by atoms with E-state index >= 15 is 0 Å². The van der Waals surface area contributed by atoms with E-state index in [0.29, 0.717) is 5.56 Å². The highest BCUT2D eigenvalue weighted by molar-refractivity contribution is 6.11. The van der Waals surface area contributed by atoms with E-state index in [-0.39, 0.29) is 5.70 Å². The molecule has 0 aliphatic carbocycles. The van der Waals surface area contributed by atoms with Crippen molar-refractivity contribution in [1.82, 2.24) is 9.72 Å². The zero-order valence-electron chi connectivity index (χ0n) is 22.8. The van der Waals surface area contributed by atoms with Gasteiger partial charge in [0.05, 0.1) is 37.3 Å². The Bertz CT molecular complexity index is 2030. The molecule has 0 atom stereocenters. The number of hydrogen-bond donors (Lipinski definition) is 2. The average molecular weight is 556 g/mol. The number of carbonyl (C=O) groups excluding carboxylic acids is 1. The number of benzene rings is 3. The van der Waals surface area contributed by atoms with E-state index < -0.39 is 18.4 Å².